The molecule has 0 aliphatic carbocycles. The summed E-state index contributed by atoms with van der Waals surface area (Å²) in [6.45, 7) is 4.38. The first-order valence-corrected chi connectivity index (χ1v) is 12.2. The fourth-order valence-electron chi connectivity index (χ4n) is 3.01. The third-order valence-electron chi connectivity index (χ3n) is 4.60. The lowest BCUT2D eigenvalue weighted by Crippen LogP contribution is -2.17. The van der Waals surface area contributed by atoms with E-state index in [4.69, 9.17) is 18.4 Å². The molecule has 35 heavy (non-hydrogen) atoms. The number of nitrogens with one attached hydrogen (secondary N) is 1. The summed E-state index contributed by atoms with van der Waals surface area (Å²) in [6, 6.07) is 17.2. The first-order valence-electron chi connectivity index (χ1n) is 10.8. The second-order valence-electron chi connectivity index (χ2n) is 6.99. The fourth-order valence-corrected chi connectivity index (χ4v) is 3.97. The second-order valence-corrected chi connectivity index (χ2v) is 8.53. The van der Waals surface area contributed by atoms with Gasteiger partial charge in [-0.05, 0) is 67.9 Å². The molecule has 0 saturated carbocycles. The van der Waals surface area contributed by atoms with Crippen molar-refractivity contribution in [1.82, 2.24) is 5.43 Å². The number of carbonyl (C=O) groups excluding carboxylic acids is 1. The molecule has 1 N–H and O–H groups in total. The maximum Gasteiger partial charge on any atom is 0.339 e. The van der Waals surface area contributed by atoms with Gasteiger partial charge in [0.25, 0.3) is 5.91 Å². The van der Waals surface area contributed by atoms with E-state index in [2.05, 4.69) is 10.5 Å². The Labute approximate surface area is 204 Å². The van der Waals surface area contributed by atoms with Crippen LogP contribution in [0.25, 0.3) is 0 Å². The molecule has 0 fully saturated rings. The lowest BCUT2D eigenvalue weighted by molar-refractivity contribution is 0.0954. The van der Waals surface area contributed by atoms with Gasteiger partial charge < -0.3 is 18.4 Å². The van der Waals surface area contributed by atoms with Crippen molar-refractivity contribution in [3.63, 3.8) is 0 Å². The molecule has 0 radical (unpaired) electrons. The molecule has 0 aliphatic heterocycles. The summed E-state index contributed by atoms with van der Waals surface area (Å²) in [4.78, 5) is 12.5. The summed E-state index contributed by atoms with van der Waals surface area (Å²) in [5.74, 6) is 0.791. The SMILES string of the molecule is CCOc1ccc(C(=O)N/N=C/c2ccc(OS(=O)(=O)c3ccccc3)c(OCC)c2)cc1OC. The Balaban J connectivity index is 1.73. The van der Waals surface area contributed by atoms with Crippen LogP contribution in [0.5, 0.6) is 23.0 Å². The summed E-state index contributed by atoms with van der Waals surface area (Å²) < 4.78 is 46.7. The van der Waals surface area contributed by atoms with Gasteiger partial charge in [0.2, 0.25) is 0 Å². The number of hydrogen-bond acceptors (Lipinski definition) is 8. The van der Waals surface area contributed by atoms with Gasteiger partial charge in [0.05, 0.1) is 26.5 Å². The van der Waals surface area contributed by atoms with Gasteiger partial charge in [-0.1, -0.05) is 18.2 Å². The Morgan fingerprint density at radius 1 is 0.886 bits per heavy atom. The van der Waals surface area contributed by atoms with Gasteiger partial charge >= 0.3 is 10.1 Å². The molecule has 9 nitrogen and oxygen atoms in total. The average molecular weight is 499 g/mol. The maximum absolute atomic E-state index is 12.6. The van der Waals surface area contributed by atoms with Crippen LogP contribution >= 0.6 is 0 Å². The molecule has 3 aromatic rings. The normalized spacial score (nSPS) is 11.2. The van der Waals surface area contributed by atoms with Crippen LogP contribution in [0.4, 0.5) is 0 Å². The Kier molecular flexibility index (Phi) is 8.69. The van der Waals surface area contributed by atoms with Crippen molar-refractivity contribution in [2.75, 3.05) is 20.3 Å². The van der Waals surface area contributed by atoms with Crippen molar-refractivity contribution in [2.24, 2.45) is 5.10 Å². The number of carbonyl (C=O) groups is 1. The van der Waals surface area contributed by atoms with E-state index in [1.54, 1.807) is 55.5 Å². The Morgan fingerprint density at radius 2 is 1.57 bits per heavy atom. The van der Waals surface area contributed by atoms with E-state index in [9.17, 15) is 13.2 Å². The number of methoxy groups -OCH3 is 1. The minimum Gasteiger partial charge on any atom is -0.493 e. The van der Waals surface area contributed by atoms with Crippen molar-refractivity contribution in [1.29, 1.82) is 0 Å². The number of benzene rings is 3. The number of hydrazone groups is 1. The first-order chi connectivity index (χ1) is 16.9. The Hall–Kier alpha value is -4.05. The van der Waals surface area contributed by atoms with E-state index >= 15 is 0 Å². The molecule has 0 heterocycles. The van der Waals surface area contributed by atoms with Gasteiger partial charge in [0.15, 0.2) is 23.0 Å². The summed E-state index contributed by atoms with van der Waals surface area (Å²) >= 11 is 0. The number of hydrogen-bond donors (Lipinski definition) is 1. The van der Waals surface area contributed by atoms with E-state index in [1.165, 1.54) is 31.5 Å². The molecule has 0 aliphatic rings. The fraction of sp³-hybridized carbons (Fsp3) is 0.200. The summed E-state index contributed by atoms with van der Waals surface area (Å²) in [6.07, 6.45) is 1.40. The zero-order chi connectivity index (χ0) is 25.3. The van der Waals surface area contributed by atoms with Crippen molar-refractivity contribution >= 4 is 22.2 Å². The van der Waals surface area contributed by atoms with Crippen LogP contribution in [-0.4, -0.2) is 40.9 Å². The molecule has 10 heteroatoms. The zero-order valence-electron chi connectivity index (χ0n) is 19.6. The predicted molar refractivity (Wildman–Crippen MR) is 131 cm³/mol. The van der Waals surface area contributed by atoms with Crippen LogP contribution in [-0.2, 0) is 10.1 Å². The highest BCUT2D eigenvalue weighted by Gasteiger charge is 2.19. The van der Waals surface area contributed by atoms with E-state index in [0.29, 0.717) is 35.8 Å². The Bertz CT molecular complexity index is 1290. The monoisotopic (exact) mass is 498 g/mol. The summed E-state index contributed by atoms with van der Waals surface area (Å²) in [5, 5.41) is 3.97. The molecular weight excluding hydrogens is 472 g/mol. The van der Waals surface area contributed by atoms with Gasteiger partial charge in [-0.2, -0.15) is 13.5 Å². The minimum atomic E-state index is -4.03. The molecular formula is C25H26N2O7S. The summed E-state index contributed by atoms with van der Waals surface area (Å²) in [5.41, 5.74) is 3.34. The van der Waals surface area contributed by atoms with Crippen LogP contribution in [0, 0.1) is 0 Å². The van der Waals surface area contributed by atoms with Gasteiger partial charge in [-0.15, -0.1) is 0 Å². The van der Waals surface area contributed by atoms with E-state index in [1.807, 2.05) is 6.92 Å². The number of rotatable bonds is 11. The molecule has 184 valence electrons. The second kappa shape index (κ2) is 11.9. The minimum absolute atomic E-state index is 0.0294. The van der Waals surface area contributed by atoms with Crippen LogP contribution in [0.15, 0.2) is 76.7 Å². The maximum atomic E-state index is 12.6. The molecule has 0 saturated heterocycles. The zero-order valence-corrected chi connectivity index (χ0v) is 20.4. The van der Waals surface area contributed by atoms with Gasteiger partial charge in [-0.25, -0.2) is 5.43 Å². The third-order valence-corrected chi connectivity index (χ3v) is 5.85. The molecule has 0 spiro atoms. The molecule has 0 aromatic heterocycles. The lowest BCUT2D eigenvalue weighted by atomic mass is 10.2. The van der Waals surface area contributed by atoms with Crippen LogP contribution in [0.3, 0.4) is 0 Å². The van der Waals surface area contributed by atoms with Gasteiger partial charge in [0, 0.05) is 5.56 Å². The molecule has 0 unspecified atom stereocenters. The van der Waals surface area contributed by atoms with Crippen LogP contribution in [0.1, 0.15) is 29.8 Å². The van der Waals surface area contributed by atoms with E-state index < -0.39 is 16.0 Å². The standard InChI is InChI=1S/C25H26N2O7S/c1-4-32-21-14-12-19(16-23(21)31-3)25(28)27-26-17-18-11-13-22(24(15-18)33-5-2)34-35(29,30)20-9-7-6-8-10-20/h6-17H,4-5H2,1-3H3,(H,27,28)/b26-17+. The largest absolute Gasteiger partial charge is 0.493 e. The molecule has 1 amide bonds. The van der Waals surface area contributed by atoms with Crippen molar-refractivity contribution in [3.8, 4) is 23.0 Å². The Morgan fingerprint density at radius 3 is 2.26 bits per heavy atom. The van der Waals surface area contributed by atoms with Gasteiger partial charge in [0.1, 0.15) is 4.90 Å². The highest BCUT2D eigenvalue weighted by molar-refractivity contribution is 7.87. The molecule has 3 rings (SSSR count). The van der Waals surface area contributed by atoms with Crippen LogP contribution < -0.4 is 23.8 Å². The molecule has 0 atom stereocenters. The quantitative estimate of drug-likeness (QED) is 0.241. The lowest BCUT2D eigenvalue weighted by Gasteiger charge is -2.12. The highest BCUT2D eigenvalue weighted by atomic mass is 32.2. The first kappa shape index (κ1) is 25.6. The predicted octanol–water partition coefficient (Wildman–Crippen LogP) is 4.02. The van der Waals surface area contributed by atoms with Crippen molar-refractivity contribution < 1.29 is 31.6 Å². The molecule has 0 bridgehead atoms. The topological polar surface area (TPSA) is 113 Å². The van der Waals surface area contributed by atoms with Crippen LogP contribution in [0.2, 0.25) is 0 Å². The number of nitrogens with zero attached hydrogens (tertiary/aromatic N) is 1. The summed E-state index contributed by atoms with van der Waals surface area (Å²) in [7, 11) is -2.54. The third kappa shape index (κ3) is 6.73. The van der Waals surface area contributed by atoms with Crippen molar-refractivity contribution in [2.45, 2.75) is 18.7 Å². The average Bonchev–Trinajstić information content (AvgIpc) is 2.86. The van der Waals surface area contributed by atoms with Crippen molar-refractivity contribution in [3.05, 3.63) is 77.9 Å². The smallest absolute Gasteiger partial charge is 0.339 e. The van der Waals surface area contributed by atoms with Gasteiger partial charge in [-0.3, -0.25) is 4.79 Å². The van der Waals surface area contributed by atoms with E-state index in [0.717, 1.165) is 0 Å². The molecule has 3 aromatic carbocycles. The highest BCUT2D eigenvalue weighted by Crippen LogP contribution is 2.31. The number of amides is 1. The van der Waals surface area contributed by atoms with E-state index in [-0.39, 0.29) is 16.4 Å². The number of ether oxygens (including phenoxy) is 3.